The maximum atomic E-state index is 11.3. The third-order valence-corrected chi connectivity index (χ3v) is 7.96. The SMILES string of the molecule is CCCCCCCCCCCCCCCCCOP(=O)([O-])C(O)P(=O)([O-])[O-].[Na+].[Na+].[Na+]. The summed E-state index contributed by atoms with van der Waals surface area (Å²) in [6, 6.07) is 0. The van der Waals surface area contributed by atoms with Gasteiger partial charge in [-0.25, -0.2) is 0 Å². The van der Waals surface area contributed by atoms with Gasteiger partial charge >= 0.3 is 88.7 Å². The van der Waals surface area contributed by atoms with Gasteiger partial charge in [0.25, 0.3) is 0 Å². The van der Waals surface area contributed by atoms with Gasteiger partial charge in [-0.05, 0) is 14.0 Å². The molecular weight excluding hydrogens is 459 g/mol. The Morgan fingerprint density at radius 2 is 0.967 bits per heavy atom. The van der Waals surface area contributed by atoms with Gasteiger partial charge in [-0.2, -0.15) is 0 Å². The van der Waals surface area contributed by atoms with Crippen LogP contribution in [-0.4, -0.2) is 17.3 Å². The maximum absolute atomic E-state index is 11.3. The molecule has 0 aromatic carbocycles. The third kappa shape index (κ3) is 24.4. The van der Waals surface area contributed by atoms with E-state index in [1.54, 1.807) is 0 Å². The second kappa shape index (κ2) is 25.4. The van der Waals surface area contributed by atoms with E-state index in [4.69, 9.17) is 5.11 Å². The second-order valence-electron chi connectivity index (χ2n) is 7.21. The normalized spacial score (nSPS) is 14.0. The molecule has 12 heteroatoms. The summed E-state index contributed by atoms with van der Waals surface area (Å²) in [4.78, 5) is 32.3. The average molecular weight is 496 g/mol. The number of aliphatic hydroxyl groups excluding tert-OH is 1. The Morgan fingerprint density at radius 1 is 0.667 bits per heavy atom. The molecule has 0 aliphatic carbocycles. The molecule has 0 saturated heterocycles. The largest absolute Gasteiger partial charge is 1.00 e. The summed E-state index contributed by atoms with van der Waals surface area (Å²) in [7, 11) is -10.7. The van der Waals surface area contributed by atoms with Crippen LogP contribution in [0.4, 0.5) is 0 Å². The number of unbranched alkanes of at least 4 members (excludes halogenated alkanes) is 14. The van der Waals surface area contributed by atoms with E-state index >= 15 is 0 Å². The van der Waals surface area contributed by atoms with Crippen molar-refractivity contribution in [1.82, 2.24) is 0 Å². The minimum atomic E-state index is -5.61. The fourth-order valence-corrected chi connectivity index (χ4v) is 5.01. The van der Waals surface area contributed by atoms with Gasteiger partial charge in [0.05, 0.1) is 6.61 Å². The molecule has 1 N–H and O–H groups in total. The van der Waals surface area contributed by atoms with Crippen molar-refractivity contribution < 1.29 is 122 Å². The fourth-order valence-electron chi connectivity index (χ4n) is 2.91. The van der Waals surface area contributed by atoms with Gasteiger partial charge in [0.2, 0.25) is 0 Å². The molecule has 0 aliphatic rings. The minimum absolute atomic E-state index is 0. The van der Waals surface area contributed by atoms with Gasteiger partial charge in [0.1, 0.15) is 5.59 Å². The average Bonchev–Trinajstić information content (AvgIpc) is 2.60. The van der Waals surface area contributed by atoms with Gasteiger partial charge in [0.15, 0.2) is 7.60 Å². The zero-order chi connectivity index (χ0) is 20.6. The molecule has 0 bridgehead atoms. The molecule has 0 rings (SSSR count). The van der Waals surface area contributed by atoms with Crippen molar-refractivity contribution in [3.05, 3.63) is 0 Å². The van der Waals surface area contributed by atoms with Gasteiger partial charge < -0.3 is 33.4 Å². The zero-order valence-electron chi connectivity index (χ0n) is 19.7. The summed E-state index contributed by atoms with van der Waals surface area (Å²) in [5.41, 5.74) is -3.00. The van der Waals surface area contributed by atoms with Gasteiger partial charge in [-0.1, -0.05) is 96.8 Å². The summed E-state index contributed by atoms with van der Waals surface area (Å²) in [6.45, 7) is 2.02. The van der Waals surface area contributed by atoms with E-state index in [1.165, 1.54) is 64.2 Å². The van der Waals surface area contributed by atoms with Crippen molar-refractivity contribution in [1.29, 1.82) is 0 Å². The van der Waals surface area contributed by atoms with E-state index in [9.17, 15) is 23.8 Å². The van der Waals surface area contributed by atoms with Crippen LogP contribution in [0.5, 0.6) is 0 Å². The molecule has 2 unspecified atom stereocenters. The van der Waals surface area contributed by atoms with E-state index in [0.717, 1.165) is 25.7 Å². The van der Waals surface area contributed by atoms with Crippen LogP contribution in [0, 0.1) is 0 Å². The second-order valence-corrected chi connectivity index (χ2v) is 11.0. The summed E-state index contributed by atoms with van der Waals surface area (Å²) in [5, 5.41) is 8.95. The standard InChI is InChI=1S/C18H40O7P2.3Na/c1-2-3-4-5-6-7-8-9-10-11-12-13-14-15-16-17-25-27(23,24)18(19)26(20,21)22;;;/h18-19H,2-17H2,1H3,(H,23,24)(H2,20,21,22);;;/q;3*+1/p-3. The van der Waals surface area contributed by atoms with E-state index < -0.39 is 20.8 Å². The summed E-state index contributed by atoms with van der Waals surface area (Å²) in [5.74, 6) is 0. The van der Waals surface area contributed by atoms with Crippen LogP contribution in [0.3, 0.4) is 0 Å². The molecule has 0 fully saturated rings. The Bertz CT molecular complexity index is 453. The predicted octanol–water partition coefficient (Wildman–Crippen LogP) is -5.37. The molecule has 164 valence electrons. The first-order valence-electron chi connectivity index (χ1n) is 10.4. The van der Waals surface area contributed by atoms with Gasteiger partial charge in [-0.15, -0.1) is 0 Å². The van der Waals surface area contributed by atoms with E-state index in [-0.39, 0.29) is 95.3 Å². The van der Waals surface area contributed by atoms with Crippen LogP contribution in [0.2, 0.25) is 0 Å². The maximum Gasteiger partial charge on any atom is 1.00 e. The number of hydrogen-bond acceptors (Lipinski definition) is 7. The monoisotopic (exact) mass is 496 g/mol. The summed E-state index contributed by atoms with van der Waals surface area (Å²) < 4.78 is 26.2. The fraction of sp³-hybridized carbons (Fsp3) is 1.00. The Hall–Kier alpha value is 3.26. The molecule has 0 radical (unpaired) electrons. The van der Waals surface area contributed by atoms with Gasteiger partial charge in [0, 0.05) is 0 Å². The molecule has 0 aliphatic heterocycles. The van der Waals surface area contributed by atoms with Crippen molar-refractivity contribution in [3.63, 3.8) is 0 Å². The van der Waals surface area contributed by atoms with Crippen LogP contribution in [-0.2, 0) is 13.7 Å². The molecule has 0 amide bonds. The van der Waals surface area contributed by atoms with Crippen molar-refractivity contribution in [3.8, 4) is 0 Å². The van der Waals surface area contributed by atoms with Crippen molar-refractivity contribution in [2.75, 3.05) is 6.61 Å². The zero-order valence-corrected chi connectivity index (χ0v) is 27.5. The van der Waals surface area contributed by atoms with Crippen LogP contribution < -0.4 is 103 Å². The van der Waals surface area contributed by atoms with E-state index in [1.807, 2.05) is 0 Å². The van der Waals surface area contributed by atoms with Crippen LogP contribution in [0.25, 0.3) is 0 Å². The van der Waals surface area contributed by atoms with Crippen LogP contribution in [0.1, 0.15) is 103 Å². The smallest absolute Gasteiger partial charge is 0.809 e. The molecule has 30 heavy (non-hydrogen) atoms. The van der Waals surface area contributed by atoms with Crippen molar-refractivity contribution in [2.24, 2.45) is 0 Å². The third-order valence-electron chi connectivity index (χ3n) is 4.58. The molecule has 2 atom stereocenters. The summed E-state index contributed by atoms with van der Waals surface area (Å²) in [6.07, 6.45) is 17.6. The Labute approximate surface area is 249 Å². The number of rotatable bonds is 19. The minimum Gasteiger partial charge on any atom is -0.809 e. The topological polar surface area (TPSA) is 133 Å². The molecule has 7 nitrogen and oxygen atoms in total. The first kappa shape index (κ1) is 40.4. The Kier molecular flexibility index (Phi) is 34.2. The first-order chi connectivity index (χ1) is 12.7. The van der Waals surface area contributed by atoms with Gasteiger partial charge in [-0.3, -0.25) is 0 Å². The van der Waals surface area contributed by atoms with Crippen LogP contribution in [0.15, 0.2) is 0 Å². The van der Waals surface area contributed by atoms with Crippen molar-refractivity contribution in [2.45, 2.75) is 109 Å². The Morgan fingerprint density at radius 3 is 1.27 bits per heavy atom. The predicted molar refractivity (Wildman–Crippen MR) is 102 cm³/mol. The van der Waals surface area contributed by atoms with Crippen LogP contribution >= 0.6 is 15.2 Å². The number of aliphatic hydroxyl groups is 1. The molecule has 0 aromatic heterocycles. The molecular formula is C18H37Na3O7P2. The first-order valence-corrected chi connectivity index (χ1v) is 13.6. The van der Waals surface area contributed by atoms with E-state index in [0.29, 0.717) is 6.42 Å². The summed E-state index contributed by atoms with van der Waals surface area (Å²) >= 11 is 0. The Balaban J connectivity index is -0.00000113. The van der Waals surface area contributed by atoms with Crippen molar-refractivity contribution >= 4 is 15.2 Å². The molecule has 0 heterocycles. The molecule has 0 saturated carbocycles. The molecule has 0 aromatic rings. The number of hydrogen-bond donors (Lipinski definition) is 1. The molecule has 0 spiro atoms. The van der Waals surface area contributed by atoms with E-state index in [2.05, 4.69) is 11.4 Å². The quantitative estimate of drug-likeness (QED) is 0.107.